The lowest BCUT2D eigenvalue weighted by Gasteiger charge is -2.35. The monoisotopic (exact) mass is 341 g/mol. The van der Waals surface area contributed by atoms with Gasteiger partial charge in [-0.2, -0.15) is 0 Å². The highest BCUT2D eigenvalue weighted by Crippen LogP contribution is 2.10. The molecule has 1 aliphatic heterocycles. The minimum absolute atomic E-state index is 0.0315. The minimum Gasteiger partial charge on any atom is -0.463 e. The van der Waals surface area contributed by atoms with Crippen molar-refractivity contribution in [2.24, 2.45) is 5.16 Å². The van der Waals surface area contributed by atoms with E-state index in [1.165, 1.54) is 11.8 Å². The van der Waals surface area contributed by atoms with Crippen molar-refractivity contribution in [1.82, 2.24) is 9.80 Å². The number of piperazine rings is 1. The van der Waals surface area contributed by atoms with Crippen LogP contribution in [0, 0.1) is 0 Å². The van der Waals surface area contributed by atoms with Crippen molar-refractivity contribution < 1.29 is 14.0 Å². The third-order valence-electron chi connectivity index (χ3n) is 4.22. The van der Waals surface area contributed by atoms with E-state index in [4.69, 9.17) is 9.25 Å². The van der Waals surface area contributed by atoms with Crippen LogP contribution in [0.3, 0.4) is 0 Å². The maximum absolute atomic E-state index is 12.4. The quantitative estimate of drug-likeness (QED) is 0.598. The molecule has 1 amide bonds. The Bertz CT molecular complexity index is 677. The van der Waals surface area contributed by atoms with Crippen molar-refractivity contribution in [3.8, 4) is 0 Å². The second-order valence-corrected chi connectivity index (χ2v) is 6.08. The van der Waals surface area contributed by atoms with E-state index in [-0.39, 0.29) is 5.91 Å². The molecule has 0 unspecified atom stereocenters. The zero-order valence-corrected chi connectivity index (χ0v) is 14.4. The number of carbonyl (C=O) groups is 1. The Labute approximate surface area is 147 Å². The Hall–Kier alpha value is -2.60. The second-order valence-electron chi connectivity index (χ2n) is 6.08. The van der Waals surface area contributed by atoms with Crippen LogP contribution < -0.4 is 0 Å². The van der Waals surface area contributed by atoms with Crippen molar-refractivity contribution in [1.29, 1.82) is 0 Å². The van der Waals surface area contributed by atoms with Gasteiger partial charge in [-0.3, -0.25) is 9.69 Å². The predicted octanol–water partition coefficient (Wildman–Crippen LogP) is 2.36. The number of nitrogens with zero attached hydrogens (tertiary/aromatic N) is 3. The Morgan fingerprint density at radius 1 is 1.20 bits per heavy atom. The van der Waals surface area contributed by atoms with Crippen molar-refractivity contribution in [3.05, 3.63) is 60.1 Å². The molecule has 1 aromatic carbocycles. The zero-order valence-electron chi connectivity index (χ0n) is 14.4. The van der Waals surface area contributed by atoms with Gasteiger partial charge < -0.3 is 14.2 Å². The molecule has 0 saturated carbocycles. The average molecular weight is 341 g/mol. The molecule has 1 saturated heterocycles. The number of furan rings is 1. The highest BCUT2D eigenvalue weighted by molar-refractivity contribution is 5.81. The van der Waals surface area contributed by atoms with Crippen LogP contribution in [0.4, 0.5) is 0 Å². The average Bonchev–Trinajstić information content (AvgIpc) is 3.16. The van der Waals surface area contributed by atoms with E-state index in [0.717, 1.165) is 19.6 Å². The number of benzene rings is 1. The van der Waals surface area contributed by atoms with E-state index < -0.39 is 6.10 Å². The molecule has 2 aromatic rings. The van der Waals surface area contributed by atoms with Gasteiger partial charge >= 0.3 is 0 Å². The van der Waals surface area contributed by atoms with Gasteiger partial charge in [0.05, 0.1) is 6.26 Å². The SMILES string of the molecule is C[C@H](O/N=C\c1ccco1)C(=O)N1CCN(Cc2ccccc2)CC1. The van der Waals surface area contributed by atoms with Crippen LogP contribution in [0.2, 0.25) is 0 Å². The molecule has 0 spiro atoms. The van der Waals surface area contributed by atoms with Crippen molar-refractivity contribution in [3.63, 3.8) is 0 Å². The maximum Gasteiger partial charge on any atom is 0.266 e. The molecule has 3 rings (SSSR count). The molecule has 1 aliphatic rings. The summed E-state index contributed by atoms with van der Waals surface area (Å²) in [5.41, 5.74) is 1.30. The van der Waals surface area contributed by atoms with E-state index in [1.54, 1.807) is 25.3 Å². The molecule has 0 bridgehead atoms. The Morgan fingerprint density at radius 2 is 1.96 bits per heavy atom. The third kappa shape index (κ3) is 4.93. The van der Waals surface area contributed by atoms with Crippen molar-refractivity contribution in [2.75, 3.05) is 26.2 Å². The highest BCUT2D eigenvalue weighted by atomic mass is 16.6. The summed E-state index contributed by atoms with van der Waals surface area (Å²) < 4.78 is 5.12. The summed E-state index contributed by atoms with van der Waals surface area (Å²) in [7, 11) is 0. The highest BCUT2D eigenvalue weighted by Gasteiger charge is 2.26. The molecule has 0 aliphatic carbocycles. The smallest absolute Gasteiger partial charge is 0.266 e. The van der Waals surface area contributed by atoms with E-state index in [0.29, 0.717) is 18.8 Å². The first-order valence-corrected chi connectivity index (χ1v) is 8.50. The molecule has 25 heavy (non-hydrogen) atoms. The molecular weight excluding hydrogens is 318 g/mol. The van der Waals surface area contributed by atoms with Crippen LogP contribution in [0.5, 0.6) is 0 Å². The molecule has 0 N–H and O–H groups in total. The molecule has 2 heterocycles. The largest absolute Gasteiger partial charge is 0.463 e. The second kappa shape index (κ2) is 8.48. The maximum atomic E-state index is 12.4. The zero-order chi connectivity index (χ0) is 17.5. The van der Waals surface area contributed by atoms with Gasteiger partial charge in [-0.25, -0.2) is 0 Å². The minimum atomic E-state index is -0.605. The summed E-state index contributed by atoms with van der Waals surface area (Å²) in [5.74, 6) is 0.560. The summed E-state index contributed by atoms with van der Waals surface area (Å²) in [6, 6.07) is 13.9. The van der Waals surface area contributed by atoms with Gasteiger partial charge in [0.1, 0.15) is 12.0 Å². The predicted molar refractivity (Wildman–Crippen MR) is 95.1 cm³/mol. The number of rotatable bonds is 6. The van der Waals surface area contributed by atoms with Gasteiger partial charge in [0.25, 0.3) is 5.91 Å². The van der Waals surface area contributed by atoms with Gasteiger partial charge in [-0.15, -0.1) is 0 Å². The number of hydrogen-bond acceptors (Lipinski definition) is 5. The molecule has 1 atom stereocenters. The van der Waals surface area contributed by atoms with Crippen LogP contribution in [0.1, 0.15) is 18.2 Å². The summed E-state index contributed by atoms with van der Waals surface area (Å²) in [6.45, 7) is 5.79. The van der Waals surface area contributed by atoms with E-state index in [2.05, 4.69) is 34.3 Å². The standard InChI is InChI=1S/C19H23N3O3/c1-16(25-20-14-18-8-5-13-24-18)19(23)22-11-9-21(10-12-22)15-17-6-3-2-4-7-17/h2-8,13-14,16H,9-12,15H2,1H3/b20-14-/t16-/m0/s1. The fourth-order valence-electron chi connectivity index (χ4n) is 2.81. The van der Waals surface area contributed by atoms with Gasteiger partial charge in [-0.05, 0) is 24.6 Å². The van der Waals surface area contributed by atoms with E-state index in [1.807, 2.05) is 11.0 Å². The molecule has 132 valence electrons. The molecule has 6 heteroatoms. The fourth-order valence-corrected chi connectivity index (χ4v) is 2.81. The summed E-state index contributed by atoms with van der Waals surface area (Å²) >= 11 is 0. The molecule has 6 nitrogen and oxygen atoms in total. The number of hydrogen-bond donors (Lipinski definition) is 0. The van der Waals surface area contributed by atoms with E-state index >= 15 is 0 Å². The first-order valence-electron chi connectivity index (χ1n) is 8.50. The van der Waals surface area contributed by atoms with Crippen LogP contribution in [-0.2, 0) is 16.2 Å². The normalized spacial score (nSPS) is 16.9. The topological polar surface area (TPSA) is 58.3 Å². The Balaban J connectivity index is 1.43. The summed E-state index contributed by atoms with van der Waals surface area (Å²) in [4.78, 5) is 21.9. The van der Waals surface area contributed by atoms with Gasteiger partial charge in [0.15, 0.2) is 0 Å². The Morgan fingerprint density at radius 3 is 2.64 bits per heavy atom. The van der Waals surface area contributed by atoms with Crippen molar-refractivity contribution in [2.45, 2.75) is 19.6 Å². The summed E-state index contributed by atoms with van der Waals surface area (Å²) in [5, 5.41) is 3.82. The molecule has 1 aromatic heterocycles. The number of carbonyl (C=O) groups excluding carboxylic acids is 1. The Kier molecular flexibility index (Phi) is 5.85. The number of amides is 1. The fraction of sp³-hybridized carbons (Fsp3) is 0.368. The van der Waals surface area contributed by atoms with Crippen LogP contribution in [0.25, 0.3) is 0 Å². The summed E-state index contributed by atoms with van der Waals surface area (Å²) in [6.07, 6.45) is 2.42. The molecule has 0 radical (unpaired) electrons. The molecular formula is C19H23N3O3. The van der Waals surface area contributed by atoms with Gasteiger partial charge in [-0.1, -0.05) is 35.5 Å². The van der Waals surface area contributed by atoms with Crippen LogP contribution >= 0.6 is 0 Å². The lowest BCUT2D eigenvalue weighted by molar-refractivity contribution is -0.144. The number of oxime groups is 1. The lowest BCUT2D eigenvalue weighted by atomic mass is 10.2. The van der Waals surface area contributed by atoms with Crippen molar-refractivity contribution >= 4 is 12.1 Å². The van der Waals surface area contributed by atoms with E-state index in [9.17, 15) is 4.79 Å². The van der Waals surface area contributed by atoms with Gasteiger partial charge in [0, 0.05) is 32.7 Å². The first-order chi connectivity index (χ1) is 12.2. The third-order valence-corrected chi connectivity index (χ3v) is 4.22. The van der Waals surface area contributed by atoms with Crippen LogP contribution in [0.15, 0.2) is 58.3 Å². The van der Waals surface area contributed by atoms with Gasteiger partial charge in [0.2, 0.25) is 6.10 Å². The lowest BCUT2D eigenvalue weighted by Crippen LogP contribution is -2.50. The first kappa shape index (κ1) is 17.2. The van der Waals surface area contributed by atoms with Crippen LogP contribution in [-0.4, -0.2) is 54.2 Å². The molecule has 1 fully saturated rings.